The van der Waals surface area contributed by atoms with Crippen LogP contribution in [0.25, 0.3) is 0 Å². The van der Waals surface area contributed by atoms with Crippen molar-refractivity contribution in [1.29, 1.82) is 0 Å². The van der Waals surface area contributed by atoms with E-state index in [2.05, 4.69) is 15.3 Å². The minimum absolute atomic E-state index is 0.118. The van der Waals surface area contributed by atoms with Crippen molar-refractivity contribution >= 4 is 11.8 Å². The first-order chi connectivity index (χ1) is 14.1. The Balaban J connectivity index is 1.75. The predicted molar refractivity (Wildman–Crippen MR) is 108 cm³/mol. The van der Waals surface area contributed by atoms with Gasteiger partial charge in [0.25, 0.3) is 5.91 Å². The van der Waals surface area contributed by atoms with Crippen LogP contribution in [0.15, 0.2) is 73.1 Å². The van der Waals surface area contributed by atoms with Gasteiger partial charge in [-0.1, -0.05) is 36.4 Å². The molecule has 148 valence electrons. The number of nitrogens with zero attached hydrogens (tertiary/aromatic N) is 3. The lowest BCUT2D eigenvalue weighted by Gasteiger charge is -2.29. The van der Waals surface area contributed by atoms with Crippen molar-refractivity contribution in [1.82, 2.24) is 20.2 Å². The van der Waals surface area contributed by atoms with Crippen LogP contribution < -0.4 is 5.32 Å². The van der Waals surface area contributed by atoms with E-state index >= 15 is 0 Å². The molecule has 0 saturated heterocycles. The number of pyridine rings is 2. The summed E-state index contributed by atoms with van der Waals surface area (Å²) in [6.07, 6.45) is 3.09. The second-order valence-electron chi connectivity index (χ2n) is 6.49. The smallest absolute Gasteiger partial charge is 0.274 e. The molecule has 2 amide bonds. The van der Waals surface area contributed by atoms with Crippen LogP contribution >= 0.6 is 0 Å². The molecule has 3 rings (SSSR count). The minimum Gasteiger partial charge on any atom is -0.505 e. The Kier molecular flexibility index (Phi) is 6.52. The Morgan fingerprint density at radius 1 is 1.00 bits per heavy atom. The maximum absolute atomic E-state index is 13.0. The minimum atomic E-state index is -0.610. The summed E-state index contributed by atoms with van der Waals surface area (Å²) in [5.41, 5.74) is 1.61. The summed E-state index contributed by atoms with van der Waals surface area (Å²) >= 11 is 0. The van der Waals surface area contributed by atoms with E-state index in [4.69, 9.17) is 0 Å². The number of benzene rings is 1. The molecule has 2 heterocycles. The highest BCUT2D eigenvalue weighted by molar-refractivity contribution is 5.96. The van der Waals surface area contributed by atoms with Gasteiger partial charge in [-0.3, -0.25) is 14.6 Å². The molecule has 0 bridgehead atoms. The van der Waals surface area contributed by atoms with Gasteiger partial charge in [-0.05, 0) is 36.8 Å². The predicted octanol–water partition coefficient (Wildman–Crippen LogP) is 2.70. The van der Waals surface area contributed by atoms with E-state index < -0.39 is 5.91 Å². The average molecular weight is 390 g/mol. The first-order valence-corrected chi connectivity index (χ1v) is 9.22. The van der Waals surface area contributed by atoms with Gasteiger partial charge in [-0.2, -0.15) is 0 Å². The Bertz CT molecular complexity index is 964. The monoisotopic (exact) mass is 390 g/mol. The molecule has 7 heteroatoms. The maximum atomic E-state index is 13.0. The number of nitrogens with one attached hydrogen (secondary N) is 1. The number of aromatic nitrogens is 2. The van der Waals surface area contributed by atoms with Crippen LogP contribution in [0, 0.1) is 0 Å². The molecule has 1 atom stereocenters. The van der Waals surface area contributed by atoms with Crippen molar-refractivity contribution in [3.63, 3.8) is 0 Å². The van der Waals surface area contributed by atoms with Crippen LogP contribution in [0.3, 0.4) is 0 Å². The van der Waals surface area contributed by atoms with E-state index in [1.807, 2.05) is 55.5 Å². The largest absolute Gasteiger partial charge is 0.505 e. The van der Waals surface area contributed by atoms with E-state index in [9.17, 15) is 14.7 Å². The third-order valence-electron chi connectivity index (χ3n) is 4.50. The molecule has 7 nitrogen and oxygen atoms in total. The fourth-order valence-electron chi connectivity index (χ4n) is 2.92. The van der Waals surface area contributed by atoms with E-state index in [-0.39, 0.29) is 29.9 Å². The number of hydrogen-bond acceptors (Lipinski definition) is 5. The first kappa shape index (κ1) is 20.0. The van der Waals surface area contributed by atoms with Gasteiger partial charge in [-0.25, -0.2) is 4.98 Å². The summed E-state index contributed by atoms with van der Waals surface area (Å²) < 4.78 is 0. The molecule has 0 aliphatic heterocycles. The molecule has 2 aromatic heterocycles. The molecule has 2 N–H and O–H groups in total. The van der Waals surface area contributed by atoms with Crippen LogP contribution in [-0.2, 0) is 11.3 Å². The molecule has 3 aromatic rings. The molecule has 0 radical (unpaired) electrons. The average Bonchev–Trinajstić information content (AvgIpc) is 2.77. The third kappa shape index (κ3) is 5.16. The Morgan fingerprint density at radius 3 is 2.41 bits per heavy atom. The van der Waals surface area contributed by atoms with Crippen molar-refractivity contribution in [2.24, 2.45) is 0 Å². The molecule has 1 unspecified atom stereocenters. The highest BCUT2D eigenvalue weighted by Gasteiger charge is 2.23. The Hall–Kier alpha value is -3.74. The summed E-state index contributed by atoms with van der Waals surface area (Å²) in [4.78, 5) is 35.1. The van der Waals surface area contributed by atoms with Gasteiger partial charge in [-0.15, -0.1) is 0 Å². The van der Waals surface area contributed by atoms with Gasteiger partial charge >= 0.3 is 0 Å². The molecule has 0 aliphatic rings. The standard InChI is InChI=1S/C22H22N4O3/c1-16(18-10-5-6-12-23-18)26(15-17-8-3-2-4-9-17)20(28)14-25-22(29)21-19(27)11-7-13-24-21/h2-13,16,27H,14-15H2,1H3,(H,25,29). The van der Waals surface area contributed by atoms with Crippen molar-refractivity contribution in [2.75, 3.05) is 6.54 Å². The van der Waals surface area contributed by atoms with E-state index in [0.717, 1.165) is 11.3 Å². The van der Waals surface area contributed by atoms with Crippen LogP contribution in [0.5, 0.6) is 5.75 Å². The van der Waals surface area contributed by atoms with Gasteiger partial charge in [0, 0.05) is 18.9 Å². The lowest BCUT2D eigenvalue weighted by atomic mass is 10.1. The second-order valence-corrected chi connectivity index (χ2v) is 6.49. The molecule has 1 aromatic carbocycles. The SMILES string of the molecule is CC(c1ccccn1)N(Cc1ccccc1)C(=O)CNC(=O)c1ncccc1O. The second kappa shape index (κ2) is 9.45. The fraction of sp³-hybridized carbons (Fsp3) is 0.182. The Labute approximate surface area is 169 Å². The Morgan fingerprint density at radius 2 is 1.72 bits per heavy atom. The summed E-state index contributed by atoms with van der Waals surface area (Å²) in [5.74, 6) is -1.11. The third-order valence-corrected chi connectivity index (χ3v) is 4.50. The lowest BCUT2D eigenvalue weighted by molar-refractivity contribution is -0.133. The maximum Gasteiger partial charge on any atom is 0.274 e. The van der Waals surface area contributed by atoms with Crippen molar-refractivity contribution in [2.45, 2.75) is 19.5 Å². The number of carbonyl (C=O) groups is 2. The molecule has 0 spiro atoms. The summed E-state index contributed by atoms with van der Waals surface area (Å²) in [5, 5.41) is 12.3. The van der Waals surface area contributed by atoms with Crippen LogP contribution in [-0.4, -0.2) is 38.3 Å². The topological polar surface area (TPSA) is 95.4 Å². The van der Waals surface area contributed by atoms with E-state index in [0.29, 0.717) is 6.54 Å². The first-order valence-electron chi connectivity index (χ1n) is 9.22. The molecule has 0 aliphatic carbocycles. The van der Waals surface area contributed by atoms with Gasteiger partial charge < -0.3 is 15.3 Å². The normalized spacial score (nSPS) is 11.5. The molecular weight excluding hydrogens is 368 g/mol. The summed E-state index contributed by atoms with van der Waals surface area (Å²) in [7, 11) is 0. The molecule has 29 heavy (non-hydrogen) atoms. The molecule has 0 fully saturated rings. The summed E-state index contributed by atoms with van der Waals surface area (Å²) in [6.45, 7) is 2.05. The number of carbonyl (C=O) groups excluding carboxylic acids is 2. The van der Waals surface area contributed by atoms with Crippen LogP contribution in [0.4, 0.5) is 0 Å². The van der Waals surface area contributed by atoms with Crippen LogP contribution in [0.1, 0.15) is 34.7 Å². The highest BCUT2D eigenvalue weighted by atomic mass is 16.3. The zero-order chi connectivity index (χ0) is 20.6. The van der Waals surface area contributed by atoms with Crippen molar-refractivity contribution in [3.05, 3.63) is 90.0 Å². The van der Waals surface area contributed by atoms with Gasteiger partial charge in [0.2, 0.25) is 5.91 Å². The zero-order valence-corrected chi connectivity index (χ0v) is 16.0. The van der Waals surface area contributed by atoms with Crippen molar-refractivity contribution < 1.29 is 14.7 Å². The van der Waals surface area contributed by atoms with Gasteiger partial charge in [0.05, 0.1) is 18.3 Å². The fourth-order valence-corrected chi connectivity index (χ4v) is 2.92. The van der Waals surface area contributed by atoms with Crippen molar-refractivity contribution in [3.8, 4) is 5.75 Å². The van der Waals surface area contributed by atoms with Crippen LogP contribution in [0.2, 0.25) is 0 Å². The van der Waals surface area contributed by atoms with Gasteiger partial charge in [0.1, 0.15) is 5.75 Å². The van der Waals surface area contributed by atoms with Gasteiger partial charge in [0.15, 0.2) is 5.69 Å². The number of rotatable bonds is 7. The quantitative estimate of drug-likeness (QED) is 0.647. The molecular formula is C22H22N4O3. The van der Waals surface area contributed by atoms with E-state index in [1.54, 1.807) is 11.1 Å². The lowest BCUT2D eigenvalue weighted by Crippen LogP contribution is -2.41. The summed E-state index contributed by atoms with van der Waals surface area (Å²) in [6, 6.07) is 17.8. The zero-order valence-electron chi connectivity index (χ0n) is 16.0. The molecule has 0 saturated carbocycles. The number of hydrogen-bond donors (Lipinski definition) is 2. The highest BCUT2D eigenvalue weighted by Crippen LogP contribution is 2.21. The van der Waals surface area contributed by atoms with E-state index in [1.165, 1.54) is 18.3 Å². The number of aromatic hydroxyl groups is 1. The number of amides is 2.